The molecule has 2 aromatic rings. The molecule has 0 bridgehead atoms. The first-order valence-electron chi connectivity index (χ1n) is 9.19. The van der Waals surface area contributed by atoms with Gasteiger partial charge >= 0.3 is 5.97 Å². The van der Waals surface area contributed by atoms with Crippen molar-refractivity contribution in [2.24, 2.45) is 0 Å². The molecule has 0 unspecified atom stereocenters. The van der Waals surface area contributed by atoms with Gasteiger partial charge in [-0.15, -0.1) is 0 Å². The molecule has 29 heavy (non-hydrogen) atoms. The SMILES string of the molecule is O=C(CCCC(=O)OCCCc1ccccc1)NC(=S)Nc1cc(Cl)cc(Cl)c1. The van der Waals surface area contributed by atoms with Crippen LogP contribution in [-0.2, 0) is 20.7 Å². The second kappa shape index (κ2) is 12.4. The molecule has 0 aliphatic heterocycles. The van der Waals surface area contributed by atoms with Gasteiger partial charge < -0.3 is 15.4 Å². The molecule has 2 rings (SSSR count). The Hall–Kier alpha value is -2.15. The van der Waals surface area contributed by atoms with Crippen molar-refractivity contribution in [3.8, 4) is 0 Å². The van der Waals surface area contributed by atoms with Crippen molar-refractivity contribution in [3.63, 3.8) is 0 Å². The van der Waals surface area contributed by atoms with E-state index in [2.05, 4.69) is 10.6 Å². The summed E-state index contributed by atoms with van der Waals surface area (Å²) < 4.78 is 5.19. The van der Waals surface area contributed by atoms with Gasteiger partial charge in [-0.1, -0.05) is 53.5 Å². The molecule has 2 aromatic carbocycles. The number of hydrogen-bond acceptors (Lipinski definition) is 4. The van der Waals surface area contributed by atoms with Crippen molar-refractivity contribution in [1.82, 2.24) is 5.32 Å². The van der Waals surface area contributed by atoms with Gasteiger partial charge in [0.1, 0.15) is 0 Å². The number of thiocarbonyl (C=S) groups is 1. The molecule has 0 saturated heterocycles. The number of rotatable bonds is 9. The second-order valence-corrected chi connectivity index (χ2v) is 7.60. The summed E-state index contributed by atoms with van der Waals surface area (Å²) in [5, 5.41) is 6.44. The maximum atomic E-state index is 11.9. The van der Waals surface area contributed by atoms with Gasteiger partial charge in [0.15, 0.2) is 5.11 Å². The molecule has 5 nitrogen and oxygen atoms in total. The van der Waals surface area contributed by atoms with Crippen LogP contribution < -0.4 is 10.6 Å². The van der Waals surface area contributed by atoms with Crippen molar-refractivity contribution >= 4 is 58.1 Å². The van der Waals surface area contributed by atoms with Crippen LogP contribution in [0.2, 0.25) is 10.0 Å². The normalized spacial score (nSPS) is 10.3. The third-order valence-corrected chi connectivity index (χ3v) is 4.51. The van der Waals surface area contributed by atoms with Crippen LogP contribution in [0.15, 0.2) is 48.5 Å². The molecular weight excluding hydrogens is 431 g/mol. The molecular formula is C21H22Cl2N2O3S. The molecule has 0 radical (unpaired) electrons. The lowest BCUT2D eigenvalue weighted by Gasteiger charge is -2.10. The fourth-order valence-electron chi connectivity index (χ4n) is 2.55. The van der Waals surface area contributed by atoms with Crippen LogP contribution in [0, 0.1) is 0 Å². The van der Waals surface area contributed by atoms with Crippen LogP contribution in [0.25, 0.3) is 0 Å². The smallest absolute Gasteiger partial charge is 0.305 e. The predicted molar refractivity (Wildman–Crippen MR) is 120 cm³/mol. The molecule has 0 aliphatic carbocycles. The number of anilines is 1. The third-order valence-electron chi connectivity index (χ3n) is 3.87. The van der Waals surface area contributed by atoms with Crippen LogP contribution in [0.4, 0.5) is 5.69 Å². The van der Waals surface area contributed by atoms with Gasteiger partial charge in [-0.05, 0) is 55.2 Å². The topological polar surface area (TPSA) is 67.4 Å². The molecule has 1 amide bonds. The zero-order valence-electron chi connectivity index (χ0n) is 15.8. The summed E-state index contributed by atoms with van der Waals surface area (Å²) in [6.45, 7) is 0.371. The Kier molecular flexibility index (Phi) is 9.91. The van der Waals surface area contributed by atoms with E-state index in [0.717, 1.165) is 12.8 Å². The highest BCUT2D eigenvalue weighted by atomic mass is 35.5. The van der Waals surface area contributed by atoms with Gasteiger partial charge in [-0.25, -0.2) is 0 Å². The van der Waals surface area contributed by atoms with Gasteiger partial charge in [0.2, 0.25) is 5.91 Å². The lowest BCUT2D eigenvalue weighted by molar-refractivity contribution is -0.143. The largest absolute Gasteiger partial charge is 0.466 e. The molecule has 0 saturated carbocycles. The number of hydrogen-bond donors (Lipinski definition) is 2. The minimum absolute atomic E-state index is 0.136. The Morgan fingerprint density at radius 2 is 1.66 bits per heavy atom. The Balaban J connectivity index is 1.57. The first kappa shape index (κ1) is 23.1. The number of nitrogens with one attached hydrogen (secondary N) is 2. The quantitative estimate of drug-likeness (QED) is 0.312. The summed E-state index contributed by atoms with van der Waals surface area (Å²) in [6.07, 6.45) is 2.36. The molecule has 0 aliphatic rings. The van der Waals surface area contributed by atoms with Gasteiger partial charge in [-0.3, -0.25) is 9.59 Å². The van der Waals surface area contributed by atoms with E-state index in [1.807, 2.05) is 30.3 Å². The van der Waals surface area contributed by atoms with E-state index in [1.165, 1.54) is 5.56 Å². The molecule has 154 valence electrons. The Morgan fingerprint density at radius 1 is 0.966 bits per heavy atom. The number of halogens is 2. The van der Waals surface area contributed by atoms with E-state index in [1.54, 1.807) is 18.2 Å². The molecule has 8 heteroatoms. The molecule has 0 fully saturated rings. The van der Waals surface area contributed by atoms with Crippen molar-refractivity contribution < 1.29 is 14.3 Å². The number of ether oxygens (including phenoxy) is 1. The van der Waals surface area contributed by atoms with Crippen LogP contribution in [-0.4, -0.2) is 23.6 Å². The van der Waals surface area contributed by atoms with Crippen molar-refractivity contribution in [3.05, 3.63) is 64.1 Å². The van der Waals surface area contributed by atoms with E-state index in [9.17, 15) is 9.59 Å². The third kappa shape index (κ3) is 9.74. The first-order valence-corrected chi connectivity index (χ1v) is 10.4. The summed E-state index contributed by atoms with van der Waals surface area (Å²) in [5.41, 5.74) is 1.79. The monoisotopic (exact) mass is 452 g/mol. The van der Waals surface area contributed by atoms with Crippen molar-refractivity contribution in [2.45, 2.75) is 32.1 Å². The van der Waals surface area contributed by atoms with E-state index < -0.39 is 0 Å². The average Bonchev–Trinajstić information content (AvgIpc) is 2.65. The molecule has 2 N–H and O–H groups in total. The highest BCUT2D eigenvalue weighted by molar-refractivity contribution is 7.80. The standard InChI is InChI=1S/C21H22Cl2N2O3S/c22-16-12-17(23)14-18(13-16)24-21(29)25-19(26)9-4-10-20(27)28-11-5-8-15-6-2-1-3-7-15/h1-3,6-7,12-14H,4-5,8-11H2,(H2,24,25,26,29). The number of benzene rings is 2. The van der Waals surface area contributed by atoms with E-state index >= 15 is 0 Å². The highest BCUT2D eigenvalue weighted by Crippen LogP contribution is 2.22. The Labute approximate surface area is 185 Å². The number of carbonyl (C=O) groups excluding carboxylic acids is 2. The molecule has 0 aromatic heterocycles. The lowest BCUT2D eigenvalue weighted by Crippen LogP contribution is -2.34. The summed E-state index contributed by atoms with van der Waals surface area (Å²) in [7, 11) is 0. The van der Waals surface area contributed by atoms with Crippen molar-refractivity contribution in [2.75, 3.05) is 11.9 Å². The fourth-order valence-corrected chi connectivity index (χ4v) is 3.31. The minimum atomic E-state index is -0.305. The summed E-state index contributed by atoms with van der Waals surface area (Å²) in [5.74, 6) is -0.590. The van der Waals surface area contributed by atoms with E-state index in [0.29, 0.717) is 28.8 Å². The zero-order chi connectivity index (χ0) is 21.1. The summed E-state index contributed by atoms with van der Waals surface area (Å²) in [6, 6.07) is 14.9. The number of carbonyl (C=O) groups is 2. The average molecular weight is 453 g/mol. The second-order valence-electron chi connectivity index (χ2n) is 6.32. The van der Waals surface area contributed by atoms with Gasteiger partial charge in [0.25, 0.3) is 0 Å². The maximum Gasteiger partial charge on any atom is 0.305 e. The van der Waals surface area contributed by atoms with Crippen LogP contribution in [0.5, 0.6) is 0 Å². The molecule has 0 spiro atoms. The highest BCUT2D eigenvalue weighted by Gasteiger charge is 2.09. The van der Waals surface area contributed by atoms with Gasteiger partial charge in [0.05, 0.1) is 6.61 Å². The number of aryl methyl sites for hydroxylation is 1. The Morgan fingerprint density at radius 3 is 2.34 bits per heavy atom. The first-order chi connectivity index (χ1) is 13.9. The summed E-state index contributed by atoms with van der Waals surface area (Å²) >= 11 is 16.9. The fraction of sp³-hybridized carbons (Fsp3) is 0.286. The maximum absolute atomic E-state index is 11.9. The number of esters is 1. The van der Waals surface area contributed by atoms with Crippen LogP contribution >= 0.6 is 35.4 Å². The predicted octanol–water partition coefficient (Wildman–Crippen LogP) is 5.15. The summed E-state index contributed by atoms with van der Waals surface area (Å²) in [4.78, 5) is 23.7. The van der Waals surface area contributed by atoms with Gasteiger partial charge in [-0.2, -0.15) is 0 Å². The van der Waals surface area contributed by atoms with E-state index in [4.69, 9.17) is 40.2 Å². The van der Waals surface area contributed by atoms with E-state index in [-0.39, 0.29) is 29.8 Å². The van der Waals surface area contributed by atoms with Crippen LogP contribution in [0.1, 0.15) is 31.2 Å². The van der Waals surface area contributed by atoms with Crippen molar-refractivity contribution in [1.29, 1.82) is 0 Å². The molecule has 0 heterocycles. The lowest BCUT2D eigenvalue weighted by atomic mass is 10.1. The number of amides is 1. The minimum Gasteiger partial charge on any atom is -0.466 e. The molecule has 0 atom stereocenters. The zero-order valence-corrected chi connectivity index (χ0v) is 18.1. The van der Waals surface area contributed by atoms with Gasteiger partial charge in [0, 0.05) is 28.6 Å². The Bertz CT molecular complexity index is 827. The van der Waals surface area contributed by atoms with Crippen LogP contribution in [0.3, 0.4) is 0 Å².